The van der Waals surface area contributed by atoms with Crippen molar-refractivity contribution < 1.29 is 4.74 Å². The highest BCUT2D eigenvalue weighted by molar-refractivity contribution is 9.10. The van der Waals surface area contributed by atoms with Crippen LogP contribution in [0.15, 0.2) is 46.9 Å². The molecule has 0 N–H and O–H groups in total. The Morgan fingerprint density at radius 2 is 1.79 bits per heavy atom. The second kappa shape index (κ2) is 5.01. The molecule has 0 aliphatic rings. The fourth-order valence-corrected chi connectivity index (χ4v) is 2.19. The normalized spacial score (nSPS) is 10.8. The first-order valence-electron chi connectivity index (χ1n) is 6.02. The number of halogens is 1. The fraction of sp³-hybridized carbons (Fsp3) is 0.143. The lowest BCUT2D eigenvalue weighted by Crippen LogP contribution is -1.98. The van der Waals surface area contributed by atoms with Crippen LogP contribution in [0.2, 0.25) is 0 Å². The van der Waals surface area contributed by atoms with Crippen molar-refractivity contribution in [3.05, 3.63) is 46.9 Å². The molecule has 0 amide bonds. The Bertz CT molecular complexity index is 706. The molecule has 0 atom stereocenters. The summed E-state index contributed by atoms with van der Waals surface area (Å²) in [6.07, 6.45) is 0. The largest absolute Gasteiger partial charge is 0.494 e. The van der Waals surface area contributed by atoms with E-state index in [1.165, 1.54) is 0 Å². The van der Waals surface area contributed by atoms with Crippen LogP contribution in [0, 0.1) is 0 Å². The number of hydrogen-bond donors (Lipinski definition) is 0. The van der Waals surface area contributed by atoms with Gasteiger partial charge in [-0.25, -0.2) is 0 Å². The van der Waals surface area contributed by atoms with E-state index in [1.54, 1.807) is 4.80 Å². The molecule has 0 unspecified atom stereocenters. The third-order valence-electron chi connectivity index (χ3n) is 2.72. The minimum absolute atomic E-state index is 0.664. The van der Waals surface area contributed by atoms with Crippen molar-refractivity contribution in [2.24, 2.45) is 0 Å². The van der Waals surface area contributed by atoms with E-state index >= 15 is 0 Å². The highest BCUT2D eigenvalue weighted by Gasteiger charge is 2.05. The van der Waals surface area contributed by atoms with Gasteiger partial charge in [-0.15, -0.1) is 10.2 Å². The van der Waals surface area contributed by atoms with Crippen LogP contribution >= 0.6 is 15.9 Å². The Labute approximate surface area is 119 Å². The predicted octanol–water partition coefficient (Wildman–Crippen LogP) is 3.58. The molecule has 0 saturated carbocycles. The van der Waals surface area contributed by atoms with Gasteiger partial charge >= 0.3 is 0 Å². The van der Waals surface area contributed by atoms with Gasteiger partial charge in [0.05, 0.1) is 12.3 Å². The van der Waals surface area contributed by atoms with Crippen LogP contribution in [0.1, 0.15) is 6.92 Å². The highest BCUT2D eigenvalue weighted by atomic mass is 79.9. The number of nitrogens with zero attached hydrogens (tertiary/aromatic N) is 3. The molecular weight excluding hydrogens is 306 g/mol. The van der Waals surface area contributed by atoms with Crippen molar-refractivity contribution in [3.63, 3.8) is 0 Å². The van der Waals surface area contributed by atoms with Gasteiger partial charge in [-0.3, -0.25) is 0 Å². The average molecular weight is 318 g/mol. The SMILES string of the molecule is CCOc1ccc(-n2nc3ccc(Br)cc3n2)cc1. The summed E-state index contributed by atoms with van der Waals surface area (Å²) in [6, 6.07) is 13.6. The van der Waals surface area contributed by atoms with Crippen molar-refractivity contribution >= 4 is 27.0 Å². The van der Waals surface area contributed by atoms with Crippen LogP contribution in [0.5, 0.6) is 5.75 Å². The number of fused-ring (bicyclic) bond motifs is 1. The number of ether oxygens (including phenoxy) is 1. The second-order valence-corrected chi connectivity index (χ2v) is 4.97. The van der Waals surface area contributed by atoms with E-state index in [1.807, 2.05) is 49.4 Å². The first kappa shape index (κ1) is 12.2. The zero-order chi connectivity index (χ0) is 13.2. The van der Waals surface area contributed by atoms with E-state index < -0.39 is 0 Å². The number of benzene rings is 2. The Hall–Kier alpha value is -1.88. The standard InChI is InChI=1S/C14H12BrN3O/c1-2-19-12-6-4-11(5-7-12)18-16-13-8-3-10(15)9-14(13)17-18/h3-9H,2H2,1H3. The molecule has 1 aromatic heterocycles. The number of rotatable bonds is 3. The molecule has 1 heterocycles. The molecule has 2 aromatic carbocycles. The van der Waals surface area contributed by atoms with Gasteiger partial charge in [0.15, 0.2) is 0 Å². The monoisotopic (exact) mass is 317 g/mol. The minimum atomic E-state index is 0.664. The molecule has 4 nitrogen and oxygen atoms in total. The minimum Gasteiger partial charge on any atom is -0.494 e. The summed E-state index contributed by atoms with van der Waals surface area (Å²) >= 11 is 3.43. The van der Waals surface area contributed by atoms with E-state index in [0.717, 1.165) is 26.9 Å². The van der Waals surface area contributed by atoms with E-state index in [9.17, 15) is 0 Å². The Morgan fingerprint density at radius 1 is 1.05 bits per heavy atom. The van der Waals surface area contributed by atoms with Crippen LogP contribution < -0.4 is 4.74 Å². The summed E-state index contributed by atoms with van der Waals surface area (Å²) < 4.78 is 6.41. The smallest absolute Gasteiger partial charge is 0.119 e. The quantitative estimate of drug-likeness (QED) is 0.741. The predicted molar refractivity (Wildman–Crippen MR) is 77.7 cm³/mol. The molecule has 19 heavy (non-hydrogen) atoms. The summed E-state index contributed by atoms with van der Waals surface area (Å²) in [5.74, 6) is 0.853. The maximum Gasteiger partial charge on any atom is 0.119 e. The lowest BCUT2D eigenvalue weighted by atomic mass is 10.3. The molecule has 0 aliphatic carbocycles. The van der Waals surface area contributed by atoms with Crippen molar-refractivity contribution in [2.75, 3.05) is 6.61 Å². The maximum atomic E-state index is 5.42. The lowest BCUT2D eigenvalue weighted by Gasteiger charge is -2.03. The zero-order valence-corrected chi connectivity index (χ0v) is 12.0. The topological polar surface area (TPSA) is 39.9 Å². The molecule has 3 rings (SSSR count). The summed E-state index contributed by atoms with van der Waals surface area (Å²) in [4.78, 5) is 1.63. The van der Waals surface area contributed by atoms with Gasteiger partial charge in [0.2, 0.25) is 0 Å². The number of aromatic nitrogens is 3. The third kappa shape index (κ3) is 2.46. The molecule has 0 spiro atoms. The Balaban J connectivity index is 1.99. The van der Waals surface area contributed by atoms with E-state index in [4.69, 9.17) is 4.74 Å². The van der Waals surface area contributed by atoms with Crippen LogP contribution in [-0.4, -0.2) is 21.6 Å². The van der Waals surface area contributed by atoms with Crippen LogP contribution in [0.4, 0.5) is 0 Å². The van der Waals surface area contributed by atoms with Crippen LogP contribution in [0.3, 0.4) is 0 Å². The average Bonchev–Trinajstić information content (AvgIpc) is 2.83. The molecule has 5 heteroatoms. The summed E-state index contributed by atoms with van der Waals surface area (Å²) in [6.45, 7) is 2.63. The summed E-state index contributed by atoms with van der Waals surface area (Å²) in [7, 11) is 0. The lowest BCUT2D eigenvalue weighted by molar-refractivity contribution is 0.340. The van der Waals surface area contributed by atoms with Crippen molar-refractivity contribution in [1.29, 1.82) is 0 Å². The van der Waals surface area contributed by atoms with Crippen molar-refractivity contribution in [3.8, 4) is 11.4 Å². The molecule has 3 aromatic rings. The fourth-order valence-electron chi connectivity index (χ4n) is 1.85. The molecule has 0 bridgehead atoms. The van der Waals surface area contributed by atoms with Gasteiger partial charge in [0.25, 0.3) is 0 Å². The molecule has 0 fully saturated rings. The first-order chi connectivity index (χ1) is 9.26. The van der Waals surface area contributed by atoms with Gasteiger partial charge in [0.1, 0.15) is 16.8 Å². The Kier molecular flexibility index (Phi) is 3.21. The van der Waals surface area contributed by atoms with E-state index in [-0.39, 0.29) is 0 Å². The molecular formula is C14H12BrN3O. The summed E-state index contributed by atoms with van der Waals surface area (Å²) in [5.41, 5.74) is 2.65. The summed E-state index contributed by atoms with van der Waals surface area (Å²) in [5, 5.41) is 8.90. The van der Waals surface area contributed by atoms with Crippen LogP contribution in [0.25, 0.3) is 16.7 Å². The van der Waals surface area contributed by atoms with Gasteiger partial charge in [-0.05, 0) is 49.4 Å². The second-order valence-electron chi connectivity index (χ2n) is 4.05. The van der Waals surface area contributed by atoms with Gasteiger partial charge < -0.3 is 4.74 Å². The van der Waals surface area contributed by atoms with Gasteiger partial charge in [-0.1, -0.05) is 15.9 Å². The maximum absolute atomic E-state index is 5.42. The Morgan fingerprint density at radius 3 is 2.53 bits per heavy atom. The highest BCUT2D eigenvalue weighted by Crippen LogP contribution is 2.19. The van der Waals surface area contributed by atoms with Crippen LogP contribution in [-0.2, 0) is 0 Å². The van der Waals surface area contributed by atoms with Crippen molar-refractivity contribution in [2.45, 2.75) is 6.92 Å². The van der Waals surface area contributed by atoms with E-state index in [0.29, 0.717) is 6.61 Å². The van der Waals surface area contributed by atoms with Gasteiger partial charge in [-0.2, -0.15) is 4.80 Å². The molecule has 96 valence electrons. The zero-order valence-electron chi connectivity index (χ0n) is 10.4. The van der Waals surface area contributed by atoms with Crippen molar-refractivity contribution in [1.82, 2.24) is 15.0 Å². The third-order valence-corrected chi connectivity index (χ3v) is 3.21. The number of hydrogen-bond acceptors (Lipinski definition) is 3. The first-order valence-corrected chi connectivity index (χ1v) is 6.81. The molecule has 0 radical (unpaired) electrons. The molecule has 0 saturated heterocycles. The molecule has 0 aliphatic heterocycles. The van der Waals surface area contributed by atoms with Gasteiger partial charge in [0, 0.05) is 4.47 Å². The van der Waals surface area contributed by atoms with E-state index in [2.05, 4.69) is 26.1 Å².